The van der Waals surface area contributed by atoms with Gasteiger partial charge in [0.2, 0.25) is 0 Å². The van der Waals surface area contributed by atoms with Gasteiger partial charge in [0.05, 0.1) is 0 Å². The maximum atomic E-state index is 2.67. The summed E-state index contributed by atoms with van der Waals surface area (Å²) in [4.78, 5) is 5.12. The summed E-state index contributed by atoms with van der Waals surface area (Å²) in [7, 11) is 2.23. The Hall–Kier alpha value is -0.0800. The molecule has 3 rings (SSSR count). The first-order valence-electron chi connectivity index (χ1n) is 5.64. The van der Waals surface area contributed by atoms with Crippen LogP contribution in [0.25, 0.3) is 0 Å². The number of hydrogen-bond acceptors (Lipinski definition) is 2. The number of piperazine rings is 1. The fourth-order valence-electron chi connectivity index (χ4n) is 2.69. The minimum absolute atomic E-state index is 0.757. The van der Waals surface area contributed by atoms with Crippen LogP contribution < -0.4 is 0 Å². The van der Waals surface area contributed by atoms with Crippen LogP contribution in [0, 0.1) is 0 Å². The second-order valence-electron chi connectivity index (χ2n) is 4.31. The van der Waals surface area contributed by atoms with Crippen molar-refractivity contribution in [2.24, 2.45) is 0 Å². The Kier molecular flexibility index (Phi) is 3.74. The van der Waals surface area contributed by atoms with E-state index in [1.54, 1.807) is 0 Å². The van der Waals surface area contributed by atoms with Crippen LogP contribution in [-0.4, -0.2) is 48.1 Å². The predicted molar refractivity (Wildman–Crippen MR) is 58.0 cm³/mol. The molecular formula is C11H24N2. The van der Waals surface area contributed by atoms with Gasteiger partial charge in [-0.25, -0.2) is 0 Å². The monoisotopic (exact) mass is 184 g/mol. The maximum Gasteiger partial charge on any atom is 0.0244 e. The van der Waals surface area contributed by atoms with E-state index in [0.29, 0.717) is 0 Å². The minimum atomic E-state index is 0.757. The van der Waals surface area contributed by atoms with Gasteiger partial charge in [-0.3, -0.25) is 4.90 Å². The molecule has 0 radical (unpaired) electrons. The molecule has 3 heterocycles. The van der Waals surface area contributed by atoms with E-state index in [2.05, 4.69) is 30.7 Å². The summed E-state index contributed by atoms with van der Waals surface area (Å²) < 4.78 is 0. The van der Waals surface area contributed by atoms with Crippen molar-refractivity contribution in [3.8, 4) is 0 Å². The van der Waals surface area contributed by atoms with E-state index in [0.717, 1.165) is 18.1 Å². The molecule has 0 aliphatic carbocycles. The summed E-state index contributed by atoms with van der Waals surface area (Å²) >= 11 is 0. The average molecular weight is 184 g/mol. The van der Waals surface area contributed by atoms with Crippen molar-refractivity contribution in [1.82, 2.24) is 9.80 Å². The standard InChI is InChI=1S/C9H18N2.C2H6/c1-7(2)11-8-4-9(11)6-10(3)5-8;1-2/h7-9H,4-6H2,1-3H3;1-2H3. The molecule has 0 spiro atoms. The summed E-state index contributed by atoms with van der Waals surface area (Å²) in [6.45, 7) is 11.2. The molecule has 2 nitrogen and oxygen atoms in total. The highest BCUT2D eigenvalue weighted by Crippen LogP contribution is 2.33. The molecule has 13 heavy (non-hydrogen) atoms. The van der Waals surface area contributed by atoms with E-state index in [1.807, 2.05) is 13.8 Å². The third-order valence-electron chi connectivity index (χ3n) is 3.03. The smallest absolute Gasteiger partial charge is 0.0244 e. The summed E-state index contributed by atoms with van der Waals surface area (Å²) in [5.41, 5.74) is 0. The lowest BCUT2D eigenvalue weighted by Crippen LogP contribution is -2.69. The fraction of sp³-hybridized carbons (Fsp3) is 1.00. The van der Waals surface area contributed by atoms with E-state index < -0.39 is 0 Å². The van der Waals surface area contributed by atoms with Crippen molar-refractivity contribution in [3.05, 3.63) is 0 Å². The molecule has 0 saturated carbocycles. The molecule has 0 amide bonds. The van der Waals surface area contributed by atoms with Crippen LogP contribution in [0.1, 0.15) is 34.1 Å². The van der Waals surface area contributed by atoms with Gasteiger partial charge in [0.15, 0.2) is 0 Å². The van der Waals surface area contributed by atoms with Gasteiger partial charge >= 0.3 is 0 Å². The van der Waals surface area contributed by atoms with E-state index in [1.165, 1.54) is 19.5 Å². The molecule has 2 heteroatoms. The highest BCUT2D eigenvalue weighted by atomic mass is 15.4. The number of piperidine rings is 1. The van der Waals surface area contributed by atoms with Crippen LogP contribution in [0.4, 0.5) is 0 Å². The number of hydrogen-bond donors (Lipinski definition) is 0. The second-order valence-corrected chi connectivity index (χ2v) is 4.31. The number of rotatable bonds is 1. The number of nitrogens with zero attached hydrogens (tertiary/aromatic N) is 2. The lowest BCUT2D eigenvalue weighted by atomic mass is 9.86. The molecule has 3 aliphatic rings. The highest BCUT2D eigenvalue weighted by Gasteiger charge is 2.44. The van der Waals surface area contributed by atoms with Gasteiger partial charge in [-0.05, 0) is 27.3 Å². The Morgan fingerprint density at radius 2 is 1.54 bits per heavy atom. The number of fused-ring (bicyclic) bond motifs is 2. The van der Waals surface area contributed by atoms with Crippen LogP contribution in [0.5, 0.6) is 0 Å². The lowest BCUT2D eigenvalue weighted by molar-refractivity contribution is -0.0804. The molecular weight excluding hydrogens is 160 g/mol. The van der Waals surface area contributed by atoms with Crippen LogP contribution in [0.15, 0.2) is 0 Å². The largest absolute Gasteiger partial charge is 0.303 e. The van der Waals surface area contributed by atoms with Gasteiger partial charge in [0, 0.05) is 31.2 Å². The zero-order chi connectivity index (χ0) is 10.0. The predicted octanol–water partition coefficient (Wildman–Crippen LogP) is 1.81. The Balaban J connectivity index is 0.000000396. The molecule has 0 N–H and O–H groups in total. The van der Waals surface area contributed by atoms with Crippen molar-refractivity contribution < 1.29 is 0 Å². The summed E-state index contributed by atoms with van der Waals surface area (Å²) in [6, 6.07) is 2.50. The first-order chi connectivity index (χ1) is 6.18. The SMILES string of the molecule is CC.CC(C)N1C2CC1CN(C)C2. The average Bonchev–Trinajstić information content (AvgIpc) is 2.05. The lowest BCUT2D eigenvalue weighted by Gasteiger charge is -2.57. The number of likely N-dealkylation sites (N-methyl/N-ethyl adjacent to an activating group) is 1. The van der Waals surface area contributed by atoms with Crippen molar-refractivity contribution in [2.75, 3.05) is 20.1 Å². The van der Waals surface area contributed by atoms with Crippen LogP contribution in [-0.2, 0) is 0 Å². The van der Waals surface area contributed by atoms with Gasteiger partial charge in [0.25, 0.3) is 0 Å². The summed E-state index contributed by atoms with van der Waals surface area (Å²) in [6.07, 6.45) is 1.45. The Bertz CT molecular complexity index is 144. The topological polar surface area (TPSA) is 6.48 Å². The van der Waals surface area contributed by atoms with Gasteiger partial charge < -0.3 is 4.90 Å². The molecule has 3 saturated heterocycles. The first kappa shape index (κ1) is 11.0. The van der Waals surface area contributed by atoms with E-state index in [9.17, 15) is 0 Å². The van der Waals surface area contributed by atoms with Crippen LogP contribution in [0.2, 0.25) is 0 Å². The van der Waals surface area contributed by atoms with Crippen molar-refractivity contribution in [3.63, 3.8) is 0 Å². The molecule has 0 aromatic heterocycles. The maximum absolute atomic E-state index is 2.67. The molecule has 2 atom stereocenters. The summed E-state index contributed by atoms with van der Waals surface area (Å²) in [5, 5.41) is 0. The van der Waals surface area contributed by atoms with E-state index in [4.69, 9.17) is 0 Å². The second kappa shape index (κ2) is 4.43. The molecule has 3 fully saturated rings. The third kappa shape index (κ3) is 2.05. The van der Waals surface area contributed by atoms with Crippen molar-refractivity contribution >= 4 is 0 Å². The van der Waals surface area contributed by atoms with Gasteiger partial charge in [-0.15, -0.1) is 0 Å². The Morgan fingerprint density at radius 1 is 1.08 bits per heavy atom. The van der Waals surface area contributed by atoms with E-state index in [-0.39, 0.29) is 0 Å². The molecule has 3 aliphatic heterocycles. The zero-order valence-corrected chi connectivity index (χ0v) is 9.75. The quantitative estimate of drug-likeness (QED) is 0.613. The zero-order valence-electron chi connectivity index (χ0n) is 9.75. The first-order valence-corrected chi connectivity index (χ1v) is 5.64. The molecule has 0 aromatic carbocycles. The third-order valence-corrected chi connectivity index (χ3v) is 3.03. The molecule has 0 aromatic rings. The van der Waals surface area contributed by atoms with Crippen molar-refractivity contribution in [2.45, 2.75) is 52.2 Å². The minimum Gasteiger partial charge on any atom is -0.303 e. The van der Waals surface area contributed by atoms with Crippen molar-refractivity contribution in [1.29, 1.82) is 0 Å². The Morgan fingerprint density at radius 3 is 1.92 bits per heavy atom. The van der Waals surface area contributed by atoms with E-state index >= 15 is 0 Å². The van der Waals surface area contributed by atoms with Crippen LogP contribution in [0.3, 0.4) is 0 Å². The normalized spacial score (nSPS) is 33.7. The molecule has 78 valence electrons. The molecule has 2 unspecified atom stereocenters. The van der Waals surface area contributed by atoms with Gasteiger partial charge in [-0.2, -0.15) is 0 Å². The highest BCUT2D eigenvalue weighted by molar-refractivity contribution is 5.01. The summed E-state index contributed by atoms with van der Waals surface area (Å²) in [5.74, 6) is 0. The van der Waals surface area contributed by atoms with Crippen LogP contribution >= 0.6 is 0 Å². The Labute approximate surface area is 82.9 Å². The van der Waals surface area contributed by atoms with Gasteiger partial charge in [0.1, 0.15) is 0 Å². The molecule has 2 bridgehead atoms. The van der Waals surface area contributed by atoms with Gasteiger partial charge in [-0.1, -0.05) is 13.8 Å². The fourth-order valence-corrected chi connectivity index (χ4v) is 2.69.